The van der Waals surface area contributed by atoms with Crippen molar-refractivity contribution in [1.82, 2.24) is 0 Å². The highest BCUT2D eigenvalue weighted by molar-refractivity contribution is 5.97. The molecule has 2 N–H and O–H groups in total. The van der Waals surface area contributed by atoms with Crippen molar-refractivity contribution in [2.24, 2.45) is 5.73 Å². The fourth-order valence-corrected chi connectivity index (χ4v) is 0.707. The van der Waals surface area contributed by atoms with Gasteiger partial charge in [-0.1, -0.05) is 19.9 Å². The van der Waals surface area contributed by atoms with Crippen molar-refractivity contribution in [3.63, 3.8) is 0 Å². The first-order valence-corrected chi connectivity index (χ1v) is 3.82. The molecule has 0 amide bonds. The number of allylic oxidation sites excluding steroid dienone is 2. The number of hydrogen-bond acceptors (Lipinski definition) is 2. The van der Waals surface area contributed by atoms with Gasteiger partial charge in [-0.25, -0.2) is 0 Å². The van der Waals surface area contributed by atoms with Crippen LogP contribution in [0.15, 0.2) is 24.4 Å². The first-order chi connectivity index (χ1) is 5.22. The predicted molar refractivity (Wildman–Crippen MR) is 47.0 cm³/mol. The van der Waals surface area contributed by atoms with Crippen LogP contribution in [-0.4, -0.2) is 5.78 Å². The van der Waals surface area contributed by atoms with E-state index in [1.54, 1.807) is 0 Å². The maximum Gasteiger partial charge on any atom is 0.162 e. The molecule has 0 aliphatic carbocycles. The van der Waals surface area contributed by atoms with Crippen molar-refractivity contribution in [1.29, 1.82) is 0 Å². The Kier molecular flexibility index (Phi) is 5.17. The Labute approximate surface area is 67.8 Å². The Balaban J connectivity index is 3.74. The minimum Gasteiger partial charge on any atom is -0.405 e. The first-order valence-electron chi connectivity index (χ1n) is 3.82. The third-order valence-electron chi connectivity index (χ3n) is 1.41. The molecule has 0 saturated heterocycles. The molecule has 0 rings (SSSR count). The van der Waals surface area contributed by atoms with Gasteiger partial charge in [0.2, 0.25) is 0 Å². The van der Waals surface area contributed by atoms with Gasteiger partial charge in [0.25, 0.3) is 0 Å². The van der Waals surface area contributed by atoms with Gasteiger partial charge in [0, 0.05) is 12.0 Å². The van der Waals surface area contributed by atoms with Crippen LogP contribution < -0.4 is 5.73 Å². The Bertz CT molecular complexity index is 170. The van der Waals surface area contributed by atoms with Gasteiger partial charge in [0.05, 0.1) is 0 Å². The lowest BCUT2D eigenvalue weighted by Crippen LogP contribution is -1.99. The van der Waals surface area contributed by atoms with E-state index in [1.165, 1.54) is 12.3 Å². The molecule has 2 nitrogen and oxygen atoms in total. The summed E-state index contributed by atoms with van der Waals surface area (Å²) in [4.78, 5) is 11.1. The minimum atomic E-state index is 0.0913. The zero-order valence-electron chi connectivity index (χ0n) is 6.97. The predicted octanol–water partition coefficient (Wildman–Crippen LogP) is 1.77. The number of hydrogen-bond donors (Lipinski definition) is 1. The lowest BCUT2D eigenvalue weighted by atomic mass is 10.1. The molecule has 0 saturated carbocycles. The van der Waals surface area contributed by atoms with Crippen LogP contribution in [0.25, 0.3) is 0 Å². The second-order valence-corrected chi connectivity index (χ2v) is 2.41. The summed E-state index contributed by atoms with van der Waals surface area (Å²) in [6, 6.07) is 0. The molecule has 0 aliphatic rings. The zero-order valence-corrected chi connectivity index (χ0v) is 6.97. The number of ketones is 1. The first kappa shape index (κ1) is 9.95. The summed E-state index contributed by atoms with van der Waals surface area (Å²) in [6.45, 7) is 5.63. The molecule has 0 fully saturated rings. The summed E-state index contributed by atoms with van der Waals surface area (Å²) >= 11 is 0. The average molecular weight is 153 g/mol. The Hall–Kier alpha value is -1.05. The fraction of sp³-hybridized carbons (Fsp3) is 0.444. The lowest BCUT2D eigenvalue weighted by molar-refractivity contribution is -0.115. The average Bonchev–Trinajstić information content (AvgIpc) is 2.00. The maximum absolute atomic E-state index is 11.1. The van der Waals surface area contributed by atoms with E-state index in [9.17, 15) is 4.79 Å². The highest BCUT2D eigenvalue weighted by Gasteiger charge is 2.01. The molecule has 0 bridgehead atoms. The van der Waals surface area contributed by atoms with Crippen LogP contribution in [0.3, 0.4) is 0 Å². The van der Waals surface area contributed by atoms with Crippen molar-refractivity contribution in [3.05, 3.63) is 24.4 Å². The van der Waals surface area contributed by atoms with Crippen molar-refractivity contribution in [2.75, 3.05) is 0 Å². The molecule has 2 heteroatoms. The van der Waals surface area contributed by atoms with E-state index >= 15 is 0 Å². The van der Waals surface area contributed by atoms with Gasteiger partial charge in [-0.3, -0.25) is 4.79 Å². The number of rotatable bonds is 5. The molecular weight excluding hydrogens is 138 g/mol. The van der Waals surface area contributed by atoms with Crippen LogP contribution in [0.2, 0.25) is 0 Å². The van der Waals surface area contributed by atoms with Gasteiger partial charge in [0.15, 0.2) is 5.78 Å². The van der Waals surface area contributed by atoms with Crippen LogP contribution in [0.5, 0.6) is 0 Å². The second kappa shape index (κ2) is 5.71. The van der Waals surface area contributed by atoms with Crippen molar-refractivity contribution < 1.29 is 4.79 Å². The lowest BCUT2D eigenvalue weighted by Gasteiger charge is -1.96. The van der Waals surface area contributed by atoms with E-state index in [4.69, 9.17) is 5.73 Å². The summed E-state index contributed by atoms with van der Waals surface area (Å²) in [5.41, 5.74) is 5.60. The smallest absolute Gasteiger partial charge is 0.162 e. The van der Waals surface area contributed by atoms with Crippen molar-refractivity contribution in [3.8, 4) is 0 Å². The van der Waals surface area contributed by atoms with Crippen LogP contribution in [0, 0.1) is 0 Å². The highest BCUT2D eigenvalue weighted by atomic mass is 16.1. The zero-order chi connectivity index (χ0) is 8.69. The van der Waals surface area contributed by atoms with Gasteiger partial charge >= 0.3 is 0 Å². The van der Waals surface area contributed by atoms with Gasteiger partial charge in [-0.05, 0) is 18.7 Å². The van der Waals surface area contributed by atoms with Gasteiger partial charge in [-0.2, -0.15) is 0 Å². The largest absolute Gasteiger partial charge is 0.405 e. The third-order valence-corrected chi connectivity index (χ3v) is 1.41. The van der Waals surface area contributed by atoms with E-state index in [0.29, 0.717) is 12.0 Å². The summed E-state index contributed by atoms with van der Waals surface area (Å²) in [5, 5.41) is 0. The van der Waals surface area contributed by atoms with E-state index in [-0.39, 0.29) is 5.78 Å². The van der Waals surface area contributed by atoms with Crippen LogP contribution in [0.4, 0.5) is 0 Å². The number of carbonyl (C=O) groups is 1. The minimum absolute atomic E-state index is 0.0913. The van der Waals surface area contributed by atoms with E-state index in [0.717, 1.165) is 12.8 Å². The molecule has 0 unspecified atom stereocenters. The van der Waals surface area contributed by atoms with Gasteiger partial charge < -0.3 is 5.73 Å². The van der Waals surface area contributed by atoms with E-state index in [1.807, 2.05) is 0 Å². The summed E-state index contributed by atoms with van der Waals surface area (Å²) < 4.78 is 0. The van der Waals surface area contributed by atoms with E-state index < -0.39 is 0 Å². The molecule has 0 radical (unpaired) electrons. The quantitative estimate of drug-likeness (QED) is 0.483. The standard InChI is InChI=1S/C9H15NO/c1-3-4-5-9(11)8(2)6-7-10/h6-7H,2-5,10H2,1H3/b7-6-. The molecule has 0 aromatic carbocycles. The summed E-state index contributed by atoms with van der Waals surface area (Å²) in [6.07, 6.45) is 5.42. The fourth-order valence-electron chi connectivity index (χ4n) is 0.707. The summed E-state index contributed by atoms with van der Waals surface area (Å²) in [5.74, 6) is 0.0913. The van der Waals surface area contributed by atoms with Gasteiger partial charge in [-0.15, -0.1) is 0 Å². The Morgan fingerprint density at radius 2 is 2.27 bits per heavy atom. The molecule has 0 spiro atoms. The Morgan fingerprint density at radius 1 is 1.64 bits per heavy atom. The van der Waals surface area contributed by atoms with E-state index in [2.05, 4.69) is 13.5 Å². The second-order valence-electron chi connectivity index (χ2n) is 2.41. The van der Waals surface area contributed by atoms with Gasteiger partial charge in [0.1, 0.15) is 0 Å². The number of unbranched alkanes of at least 4 members (excludes halogenated alkanes) is 1. The third kappa shape index (κ3) is 4.37. The molecule has 0 heterocycles. The molecule has 0 aromatic rings. The molecular formula is C9H15NO. The van der Waals surface area contributed by atoms with Crippen LogP contribution >= 0.6 is 0 Å². The summed E-state index contributed by atoms with van der Waals surface area (Å²) in [7, 11) is 0. The van der Waals surface area contributed by atoms with Crippen LogP contribution in [-0.2, 0) is 4.79 Å². The monoisotopic (exact) mass is 153 g/mol. The van der Waals surface area contributed by atoms with Crippen molar-refractivity contribution >= 4 is 5.78 Å². The molecule has 11 heavy (non-hydrogen) atoms. The molecule has 0 atom stereocenters. The number of carbonyl (C=O) groups excluding carboxylic acids is 1. The van der Waals surface area contributed by atoms with Crippen molar-refractivity contribution in [2.45, 2.75) is 26.2 Å². The maximum atomic E-state index is 11.1. The Morgan fingerprint density at radius 3 is 2.73 bits per heavy atom. The van der Waals surface area contributed by atoms with Crippen LogP contribution in [0.1, 0.15) is 26.2 Å². The molecule has 0 aromatic heterocycles. The molecule has 0 aliphatic heterocycles. The number of nitrogens with two attached hydrogens (primary N) is 1. The SMILES string of the molecule is C=C(/C=C\N)C(=O)CCCC. The molecule has 62 valence electrons. The highest BCUT2D eigenvalue weighted by Crippen LogP contribution is 2.02. The number of Topliss-reactive ketones (excluding diaryl/α,β-unsaturated/α-hetero) is 1. The normalized spacial score (nSPS) is 10.3. The topological polar surface area (TPSA) is 43.1 Å².